The van der Waals surface area contributed by atoms with Crippen LogP contribution in [0.25, 0.3) is 4.96 Å². The van der Waals surface area contributed by atoms with Gasteiger partial charge in [0.2, 0.25) is 0 Å². The Kier molecular flexibility index (Phi) is 3.55. The van der Waals surface area contributed by atoms with Crippen LogP contribution in [0.3, 0.4) is 0 Å². The lowest BCUT2D eigenvalue weighted by Crippen LogP contribution is -2.08. The van der Waals surface area contributed by atoms with Gasteiger partial charge in [-0.15, -0.1) is 11.3 Å². The average molecular weight is 293 g/mol. The van der Waals surface area contributed by atoms with Gasteiger partial charge in [0.1, 0.15) is 0 Å². The Bertz CT molecular complexity index is 663. The number of hydrogen-bond donors (Lipinski definition) is 1. The number of nitrogens with zero attached hydrogens (tertiary/aromatic N) is 2. The second kappa shape index (κ2) is 5.33. The van der Waals surface area contributed by atoms with Gasteiger partial charge in [0.25, 0.3) is 0 Å². The molecule has 0 bridgehead atoms. The fourth-order valence-electron chi connectivity index (χ4n) is 2.21. The lowest BCUT2D eigenvalue weighted by Gasteiger charge is -2.14. The first-order chi connectivity index (χ1) is 9.28. The zero-order valence-electron chi connectivity index (χ0n) is 10.2. The van der Waals surface area contributed by atoms with Crippen molar-refractivity contribution in [2.75, 3.05) is 6.61 Å². The first kappa shape index (κ1) is 12.7. The highest BCUT2D eigenvalue weighted by molar-refractivity contribution is 7.15. The summed E-state index contributed by atoms with van der Waals surface area (Å²) >= 11 is 7.79. The lowest BCUT2D eigenvalue weighted by molar-refractivity contribution is 0.264. The van der Waals surface area contributed by atoms with Crippen LogP contribution in [-0.2, 0) is 6.42 Å². The van der Waals surface area contributed by atoms with E-state index in [1.54, 1.807) is 11.3 Å². The first-order valence-electron chi connectivity index (χ1n) is 6.04. The fraction of sp³-hybridized carbons (Fsp3) is 0.214. The minimum atomic E-state index is -0.0155. The smallest absolute Gasteiger partial charge is 0.193 e. The molecule has 3 rings (SSSR count). The third-order valence-electron chi connectivity index (χ3n) is 3.16. The molecule has 1 aromatic carbocycles. The van der Waals surface area contributed by atoms with Crippen LogP contribution in [0.15, 0.2) is 42.0 Å². The van der Waals surface area contributed by atoms with Crippen molar-refractivity contribution in [3.8, 4) is 0 Å². The van der Waals surface area contributed by atoms with Gasteiger partial charge in [-0.1, -0.05) is 29.8 Å². The van der Waals surface area contributed by atoms with E-state index < -0.39 is 0 Å². The van der Waals surface area contributed by atoms with E-state index >= 15 is 0 Å². The molecule has 0 aliphatic carbocycles. The molecule has 3 aromatic rings. The van der Waals surface area contributed by atoms with E-state index in [0.29, 0.717) is 11.4 Å². The highest BCUT2D eigenvalue weighted by Gasteiger charge is 2.16. The van der Waals surface area contributed by atoms with Crippen LogP contribution < -0.4 is 0 Å². The van der Waals surface area contributed by atoms with Crippen LogP contribution in [0.1, 0.15) is 17.2 Å². The van der Waals surface area contributed by atoms with Crippen molar-refractivity contribution in [3.05, 3.63) is 58.3 Å². The summed E-state index contributed by atoms with van der Waals surface area (Å²) in [6.45, 7) is 0.0644. The van der Waals surface area contributed by atoms with E-state index in [9.17, 15) is 5.11 Å². The topological polar surface area (TPSA) is 37.5 Å². The minimum Gasteiger partial charge on any atom is -0.396 e. The number of benzene rings is 1. The molecule has 2 aromatic heterocycles. The monoisotopic (exact) mass is 292 g/mol. The minimum absolute atomic E-state index is 0.0155. The largest absolute Gasteiger partial charge is 0.396 e. The molecule has 98 valence electrons. The molecule has 0 aliphatic rings. The standard InChI is InChI=1S/C14H13ClN2OS/c15-13-4-2-1-3-12(13)10(9-18)7-11-8-17-5-6-19-14(17)16-11/h1-6,8,10,18H,7,9H2. The van der Waals surface area contributed by atoms with Crippen LogP contribution in [0.4, 0.5) is 0 Å². The third-order valence-corrected chi connectivity index (χ3v) is 4.28. The third kappa shape index (κ3) is 2.52. The molecular formula is C14H13ClN2OS. The Morgan fingerprint density at radius 2 is 2.21 bits per heavy atom. The number of aliphatic hydroxyl groups excluding tert-OH is 1. The van der Waals surface area contributed by atoms with Gasteiger partial charge in [0.15, 0.2) is 4.96 Å². The normalized spacial score (nSPS) is 12.9. The van der Waals surface area contributed by atoms with E-state index in [4.69, 9.17) is 11.6 Å². The zero-order chi connectivity index (χ0) is 13.2. The molecule has 1 atom stereocenters. The van der Waals surface area contributed by atoms with E-state index in [2.05, 4.69) is 4.98 Å². The SMILES string of the molecule is OCC(Cc1cn2ccsc2n1)c1ccccc1Cl. The molecule has 0 amide bonds. The van der Waals surface area contributed by atoms with Crippen molar-refractivity contribution in [1.29, 1.82) is 0 Å². The molecule has 1 unspecified atom stereocenters. The summed E-state index contributed by atoms with van der Waals surface area (Å²) in [6, 6.07) is 7.65. The Balaban J connectivity index is 1.87. The predicted octanol–water partition coefficient (Wildman–Crippen LogP) is 3.37. The highest BCUT2D eigenvalue weighted by atomic mass is 35.5. The molecule has 0 saturated carbocycles. The van der Waals surface area contributed by atoms with Crippen molar-refractivity contribution in [2.45, 2.75) is 12.3 Å². The average Bonchev–Trinajstić information content (AvgIpc) is 2.97. The van der Waals surface area contributed by atoms with E-state index in [-0.39, 0.29) is 12.5 Å². The molecule has 0 spiro atoms. The number of halogens is 1. The summed E-state index contributed by atoms with van der Waals surface area (Å²) < 4.78 is 2.00. The van der Waals surface area contributed by atoms with Crippen LogP contribution in [-0.4, -0.2) is 21.1 Å². The van der Waals surface area contributed by atoms with E-state index in [1.165, 1.54) is 0 Å². The molecule has 0 saturated heterocycles. The van der Waals surface area contributed by atoms with Gasteiger partial charge in [-0.2, -0.15) is 0 Å². The molecule has 5 heteroatoms. The number of hydrogen-bond acceptors (Lipinski definition) is 3. The molecule has 19 heavy (non-hydrogen) atoms. The van der Waals surface area contributed by atoms with Crippen molar-refractivity contribution in [3.63, 3.8) is 0 Å². The molecule has 0 aliphatic heterocycles. The van der Waals surface area contributed by atoms with Gasteiger partial charge in [-0.05, 0) is 11.6 Å². The second-order valence-corrected chi connectivity index (χ2v) is 5.71. The van der Waals surface area contributed by atoms with Gasteiger partial charge < -0.3 is 5.11 Å². The predicted molar refractivity (Wildman–Crippen MR) is 78.1 cm³/mol. The van der Waals surface area contributed by atoms with Crippen LogP contribution >= 0.6 is 22.9 Å². The number of thiazole rings is 1. The maximum atomic E-state index is 9.60. The van der Waals surface area contributed by atoms with Gasteiger partial charge in [-0.3, -0.25) is 4.40 Å². The summed E-state index contributed by atoms with van der Waals surface area (Å²) in [5, 5.41) is 12.3. The van der Waals surface area contributed by atoms with Gasteiger partial charge >= 0.3 is 0 Å². The maximum absolute atomic E-state index is 9.60. The Hall–Kier alpha value is -1.36. The molecular weight excluding hydrogens is 280 g/mol. The number of aromatic nitrogens is 2. The van der Waals surface area contributed by atoms with Crippen molar-refractivity contribution >= 4 is 27.9 Å². The summed E-state index contributed by atoms with van der Waals surface area (Å²) in [5.41, 5.74) is 1.95. The summed E-state index contributed by atoms with van der Waals surface area (Å²) in [4.78, 5) is 5.52. The Morgan fingerprint density at radius 3 is 2.95 bits per heavy atom. The van der Waals surface area contributed by atoms with E-state index in [1.807, 2.05) is 46.4 Å². The second-order valence-electron chi connectivity index (χ2n) is 4.43. The van der Waals surface area contributed by atoms with Crippen LogP contribution in [0, 0.1) is 0 Å². The molecule has 1 N–H and O–H groups in total. The quantitative estimate of drug-likeness (QED) is 0.800. The van der Waals surface area contributed by atoms with Crippen LogP contribution in [0.2, 0.25) is 5.02 Å². The highest BCUT2D eigenvalue weighted by Crippen LogP contribution is 2.27. The number of rotatable bonds is 4. The lowest BCUT2D eigenvalue weighted by atomic mass is 9.95. The van der Waals surface area contributed by atoms with Gasteiger partial charge in [0.05, 0.1) is 12.3 Å². The molecule has 0 fully saturated rings. The molecule has 2 heterocycles. The van der Waals surface area contributed by atoms with Gasteiger partial charge in [-0.25, -0.2) is 4.98 Å². The van der Waals surface area contributed by atoms with E-state index in [0.717, 1.165) is 16.2 Å². The summed E-state index contributed by atoms with van der Waals surface area (Å²) in [6.07, 6.45) is 4.68. The van der Waals surface area contributed by atoms with Crippen molar-refractivity contribution in [1.82, 2.24) is 9.38 Å². The van der Waals surface area contributed by atoms with Crippen molar-refractivity contribution < 1.29 is 5.11 Å². The summed E-state index contributed by atoms with van der Waals surface area (Å²) in [7, 11) is 0. The van der Waals surface area contributed by atoms with Gasteiger partial charge in [0, 0.05) is 35.1 Å². The fourth-order valence-corrected chi connectivity index (χ4v) is 3.21. The Labute approximate surface area is 120 Å². The Morgan fingerprint density at radius 1 is 1.37 bits per heavy atom. The zero-order valence-corrected chi connectivity index (χ0v) is 11.7. The maximum Gasteiger partial charge on any atom is 0.193 e. The first-order valence-corrected chi connectivity index (χ1v) is 7.30. The van der Waals surface area contributed by atoms with Crippen LogP contribution in [0.5, 0.6) is 0 Å². The number of fused-ring (bicyclic) bond motifs is 1. The number of aliphatic hydroxyl groups is 1. The van der Waals surface area contributed by atoms with Crippen molar-refractivity contribution in [2.24, 2.45) is 0 Å². The molecule has 0 radical (unpaired) electrons. The molecule has 3 nitrogen and oxygen atoms in total. The summed E-state index contributed by atoms with van der Waals surface area (Å²) in [5.74, 6) is -0.0155. The number of imidazole rings is 1.